The van der Waals surface area contributed by atoms with Crippen LogP contribution in [0.25, 0.3) is 0 Å². The van der Waals surface area contributed by atoms with E-state index >= 15 is 0 Å². The molecule has 15 heavy (non-hydrogen) atoms. The number of allylic oxidation sites excluding steroid dienone is 1. The Bertz CT molecular complexity index is 339. The van der Waals surface area contributed by atoms with Gasteiger partial charge >= 0.3 is 5.97 Å². The third-order valence-corrected chi connectivity index (χ3v) is 2.35. The molecule has 0 amide bonds. The number of carboxylic acids is 1. The van der Waals surface area contributed by atoms with E-state index in [1.54, 1.807) is 6.08 Å². The van der Waals surface area contributed by atoms with Crippen LogP contribution in [0.2, 0.25) is 0 Å². The van der Waals surface area contributed by atoms with Crippen molar-refractivity contribution in [2.24, 2.45) is 5.92 Å². The third kappa shape index (κ3) is 3.58. The summed E-state index contributed by atoms with van der Waals surface area (Å²) in [6, 6.07) is 9.95. The summed E-state index contributed by atoms with van der Waals surface area (Å²) in [5.41, 5.74) is 1.16. The molecular weight excluding hydrogens is 188 g/mol. The van der Waals surface area contributed by atoms with E-state index in [2.05, 4.69) is 13.8 Å². The Hall–Kier alpha value is -1.57. The first-order valence-electron chi connectivity index (χ1n) is 5.07. The van der Waals surface area contributed by atoms with Gasteiger partial charge in [-0.05, 0) is 11.5 Å². The first-order chi connectivity index (χ1) is 7.11. The maximum absolute atomic E-state index is 10.5. The highest BCUT2D eigenvalue weighted by Gasteiger charge is 2.12. The third-order valence-electron chi connectivity index (χ3n) is 2.35. The fourth-order valence-corrected chi connectivity index (χ4v) is 1.58. The monoisotopic (exact) mass is 204 g/mol. The minimum absolute atomic E-state index is 0.169. The lowest BCUT2D eigenvalue weighted by Gasteiger charge is -2.16. The van der Waals surface area contributed by atoms with Crippen LogP contribution in [0.1, 0.15) is 25.3 Å². The maximum Gasteiger partial charge on any atom is 0.327 e. The van der Waals surface area contributed by atoms with Crippen LogP contribution in [-0.4, -0.2) is 11.1 Å². The molecule has 0 heterocycles. The maximum atomic E-state index is 10.5. The minimum Gasteiger partial charge on any atom is -0.478 e. The standard InChI is InChI=1S/C13H16O2/c1-10(2)12(8-9-13(14)15)11-6-4-3-5-7-11/h3-10,12H,1-2H3,(H,14,15)/b9-8+. The van der Waals surface area contributed by atoms with E-state index in [0.717, 1.165) is 5.56 Å². The van der Waals surface area contributed by atoms with Gasteiger partial charge in [-0.2, -0.15) is 0 Å². The SMILES string of the molecule is CC(C)C(/C=C/C(=O)O)c1ccccc1. The van der Waals surface area contributed by atoms with Crippen molar-refractivity contribution in [1.82, 2.24) is 0 Å². The second-order valence-electron chi connectivity index (χ2n) is 3.88. The van der Waals surface area contributed by atoms with Crippen molar-refractivity contribution in [1.29, 1.82) is 0 Å². The molecule has 2 nitrogen and oxygen atoms in total. The summed E-state index contributed by atoms with van der Waals surface area (Å²) in [6.45, 7) is 4.17. The predicted molar refractivity (Wildman–Crippen MR) is 60.8 cm³/mol. The van der Waals surface area contributed by atoms with Gasteiger partial charge in [0.2, 0.25) is 0 Å². The molecule has 0 saturated heterocycles. The van der Waals surface area contributed by atoms with Crippen LogP contribution in [-0.2, 0) is 4.79 Å². The fraction of sp³-hybridized carbons (Fsp3) is 0.308. The molecule has 2 heteroatoms. The first kappa shape index (κ1) is 11.5. The van der Waals surface area contributed by atoms with Crippen LogP contribution in [0.5, 0.6) is 0 Å². The van der Waals surface area contributed by atoms with Crippen molar-refractivity contribution in [2.45, 2.75) is 19.8 Å². The zero-order valence-electron chi connectivity index (χ0n) is 9.05. The number of rotatable bonds is 4. The average Bonchev–Trinajstić information content (AvgIpc) is 2.18. The number of benzene rings is 1. The van der Waals surface area contributed by atoms with Gasteiger partial charge in [0.05, 0.1) is 0 Å². The molecule has 0 bridgehead atoms. The van der Waals surface area contributed by atoms with Gasteiger partial charge in [0.25, 0.3) is 0 Å². The van der Waals surface area contributed by atoms with Crippen LogP contribution < -0.4 is 0 Å². The fourth-order valence-electron chi connectivity index (χ4n) is 1.58. The van der Waals surface area contributed by atoms with E-state index in [0.29, 0.717) is 5.92 Å². The lowest BCUT2D eigenvalue weighted by molar-refractivity contribution is -0.131. The molecule has 0 radical (unpaired) electrons. The highest BCUT2D eigenvalue weighted by Crippen LogP contribution is 2.25. The molecule has 1 N–H and O–H groups in total. The summed E-state index contributed by atoms with van der Waals surface area (Å²) in [6.07, 6.45) is 2.97. The number of hydrogen-bond donors (Lipinski definition) is 1. The van der Waals surface area contributed by atoms with Gasteiger partial charge in [-0.15, -0.1) is 0 Å². The van der Waals surface area contributed by atoms with Gasteiger partial charge in [-0.25, -0.2) is 4.79 Å². The Morgan fingerprint density at radius 1 is 1.27 bits per heavy atom. The van der Waals surface area contributed by atoms with Crippen molar-refractivity contribution >= 4 is 5.97 Å². The van der Waals surface area contributed by atoms with E-state index in [9.17, 15) is 4.79 Å². The van der Waals surface area contributed by atoms with Crippen LogP contribution in [0, 0.1) is 5.92 Å². The Morgan fingerprint density at radius 3 is 2.33 bits per heavy atom. The van der Waals surface area contributed by atoms with Crippen molar-refractivity contribution in [3.05, 3.63) is 48.0 Å². The summed E-state index contributed by atoms with van der Waals surface area (Å²) in [5.74, 6) is -0.332. The second-order valence-corrected chi connectivity index (χ2v) is 3.88. The molecule has 1 aromatic rings. The highest BCUT2D eigenvalue weighted by atomic mass is 16.4. The smallest absolute Gasteiger partial charge is 0.327 e. The summed E-state index contributed by atoms with van der Waals surface area (Å²) < 4.78 is 0. The molecule has 0 aliphatic carbocycles. The quantitative estimate of drug-likeness (QED) is 0.765. The molecule has 1 rings (SSSR count). The minimum atomic E-state index is -0.892. The molecule has 1 atom stereocenters. The number of carbonyl (C=O) groups is 1. The number of hydrogen-bond acceptors (Lipinski definition) is 1. The van der Waals surface area contributed by atoms with Crippen LogP contribution in [0.15, 0.2) is 42.5 Å². The van der Waals surface area contributed by atoms with Crippen LogP contribution >= 0.6 is 0 Å². The van der Waals surface area contributed by atoms with E-state index in [-0.39, 0.29) is 5.92 Å². The molecule has 0 fully saturated rings. The van der Waals surface area contributed by atoms with Gasteiger partial charge in [-0.3, -0.25) is 0 Å². The topological polar surface area (TPSA) is 37.3 Å². The van der Waals surface area contributed by atoms with Gasteiger partial charge in [0.1, 0.15) is 0 Å². The Labute approximate surface area is 90.3 Å². The van der Waals surface area contributed by atoms with Gasteiger partial charge in [-0.1, -0.05) is 50.3 Å². The van der Waals surface area contributed by atoms with Gasteiger partial charge < -0.3 is 5.11 Å². The Morgan fingerprint density at radius 2 is 1.87 bits per heavy atom. The highest BCUT2D eigenvalue weighted by molar-refractivity contribution is 5.79. The van der Waals surface area contributed by atoms with Crippen LogP contribution in [0.3, 0.4) is 0 Å². The summed E-state index contributed by atoms with van der Waals surface area (Å²) >= 11 is 0. The van der Waals surface area contributed by atoms with Crippen molar-refractivity contribution in [3.8, 4) is 0 Å². The summed E-state index contributed by atoms with van der Waals surface area (Å²) in [7, 11) is 0. The van der Waals surface area contributed by atoms with E-state index in [4.69, 9.17) is 5.11 Å². The van der Waals surface area contributed by atoms with Gasteiger partial charge in [0.15, 0.2) is 0 Å². The summed E-state index contributed by atoms with van der Waals surface area (Å²) in [5, 5.41) is 8.60. The average molecular weight is 204 g/mol. The lowest BCUT2D eigenvalue weighted by atomic mass is 9.88. The van der Waals surface area contributed by atoms with Gasteiger partial charge in [0, 0.05) is 12.0 Å². The Balaban J connectivity index is 2.89. The predicted octanol–water partition coefficient (Wildman–Crippen LogP) is 3.07. The van der Waals surface area contributed by atoms with E-state index in [1.165, 1.54) is 6.08 Å². The zero-order chi connectivity index (χ0) is 11.3. The number of carboxylic acid groups (broad SMARTS) is 1. The normalized spacial score (nSPS) is 13.3. The lowest BCUT2D eigenvalue weighted by Crippen LogP contribution is -2.04. The molecule has 0 aliphatic rings. The largest absolute Gasteiger partial charge is 0.478 e. The molecule has 0 aliphatic heterocycles. The number of aliphatic carboxylic acids is 1. The zero-order valence-corrected chi connectivity index (χ0v) is 9.05. The second kappa shape index (κ2) is 5.35. The summed E-state index contributed by atoms with van der Waals surface area (Å²) in [4.78, 5) is 10.5. The first-order valence-corrected chi connectivity index (χ1v) is 5.07. The van der Waals surface area contributed by atoms with Crippen molar-refractivity contribution in [2.75, 3.05) is 0 Å². The van der Waals surface area contributed by atoms with Crippen molar-refractivity contribution in [3.63, 3.8) is 0 Å². The molecule has 80 valence electrons. The molecule has 0 spiro atoms. The Kier molecular flexibility index (Phi) is 4.10. The van der Waals surface area contributed by atoms with Crippen LogP contribution in [0.4, 0.5) is 0 Å². The molecule has 1 unspecified atom stereocenters. The van der Waals surface area contributed by atoms with Crippen molar-refractivity contribution < 1.29 is 9.90 Å². The molecule has 0 saturated carbocycles. The molecule has 1 aromatic carbocycles. The molecule has 0 aromatic heterocycles. The van der Waals surface area contributed by atoms with E-state index in [1.807, 2.05) is 30.3 Å². The van der Waals surface area contributed by atoms with E-state index < -0.39 is 5.97 Å². The molecular formula is C13H16O2.